The lowest BCUT2D eigenvalue weighted by Gasteiger charge is -2.32. The first kappa shape index (κ1) is 16.0. The molecule has 1 fully saturated rings. The lowest BCUT2D eigenvalue weighted by molar-refractivity contribution is -0.149. The van der Waals surface area contributed by atoms with E-state index < -0.39 is 0 Å². The van der Waals surface area contributed by atoms with E-state index in [2.05, 4.69) is 15.9 Å². The van der Waals surface area contributed by atoms with Gasteiger partial charge in [0.15, 0.2) is 0 Å². The molecule has 4 nitrogen and oxygen atoms in total. The van der Waals surface area contributed by atoms with Crippen molar-refractivity contribution in [1.82, 2.24) is 4.90 Å². The molecule has 0 saturated carbocycles. The largest absolute Gasteiger partial charge is 0.466 e. The van der Waals surface area contributed by atoms with Crippen molar-refractivity contribution in [2.24, 2.45) is 5.92 Å². The molecule has 114 valence electrons. The maximum absolute atomic E-state index is 12.7. The molecule has 1 saturated heterocycles. The number of piperidine rings is 1. The Morgan fingerprint density at radius 3 is 2.90 bits per heavy atom. The van der Waals surface area contributed by atoms with Gasteiger partial charge in [-0.25, -0.2) is 0 Å². The third-order valence-corrected chi connectivity index (χ3v) is 4.69. The van der Waals surface area contributed by atoms with E-state index in [1.54, 1.807) is 11.8 Å². The fraction of sp³-hybridized carbons (Fsp3) is 0.500. The van der Waals surface area contributed by atoms with Crippen LogP contribution in [0.4, 0.5) is 0 Å². The SMILES string of the molecule is CCOC(=O)[C@H]1CCCN(C(=O)c2cccc(Br)c2C)C1. The van der Waals surface area contributed by atoms with E-state index in [9.17, 15) is 9.59 Å². The van der Waals surface area contributed by atoms with Crippen LogP contribution in [0, 0.1) is 12.8 Å². The van der Waals surface area contributed by atoms with Gasteiger partial charge in [-0.2, -0.15) is 0 Å². The lowest BCUT2D eigenvalue weighted by atomic mass is 9.97. The quantitative estimate of drug-likeness (QED) is 0.784. The predicted molar refractivity (Wildman–Crippen MR) is 84.1 cm³/mol. The fourth-order valence-electron chi connectivity index (χ4n) is 2.62. The highest BCUT2D eigenvalue weighted by molar-refractivity contribution is 9.10. The Morgan fingerprint density at radius 1 is 1.43 bits per heavy atom. The minimum absolute atomic E-state index is 0.0113. The van der Waals surface area contributed by atoms with Crippen molar-refractivity contribution in [1.29, 1.82) is 0 Å². The highest BCUT2D eigenvalue weighted by Crippen LogP contribution is 2.24. The van der Waals surface area contributed by atoms with Crippen molar-refractivity contribution in [3.05, 3.63) is 33.8 Å². The van der Waals surface area contributed by atoms with E-state index in [1.807, 2.05) is 25.1 Å². The van der Waals surface area contributed by atoms with Crippen molar-refractivity contribution < 1.29 is 14.3 Å². The van der Waals surface area contributed by atoms with Crippen LogP contribution in [0.1, 0.15) is 35.7 Å². The van der Waals surface area contributed by atoms with Gasteiger partial charge in [-0.3, -0.25) is 9.59 Å². The number of nitrogens with zero attached hydrogens (tertiary/aromatic N) is 1. The smallest absolute Gasteiger partial charge is 0.310 e. The maximum Gasteiger partial charge on any atom is 0.310 e. The number of carbonyl (C=O) groups is 2. The van der Waals surface area contributed by atoms with Gasteiger partial charge in [0.05, 0.1) is 12.5 Å². The summed E-state index contributed by atoms with van der Waals surface area (Å²) in [5, 5.41) is 0. The van der Waals surface area contributed by atoms with E-state index in [-0.39, 0.29) is 17.8 Å². The molecule has 1 atom stereocenters. The lowest BCUT2D eigenvalue weighted by Crippen LogP contribution is -2.43. The minimum Gasteiger partial charge on any atom is -0.466 e. The van der Waals surface area contributed by atoms with Crippen molar-refractivity contribution in [3.63, 3.8) is 0 Å². The van der Waals surface area contributed by atoms with Crippen LogP contribution in [0.2, 0.25) is 0 Å². The third kappa shape index (κ3) is 3.64. The number of hydrogen-bond acceptors (Lipinski definition) is 3. The zero-order valence-corrected chi connectivity index (χ0v) is 14.0. The van der Waals surface area contributed by atoms with Crippen LogP contribution < -0.4 is 0 Å². The summed E-state index contributed by atoms with van der Waals surface area (Å²) in [6.07, 6.45) is 1.63. The highest BCUT2D eigenvalue weighted by atomic mass is 79.9. The molecule has 2 rings (SSSR count). The number of esters is 1. The van der Waals surface area contributed by atoms with Gasteiger partial charge >= 0.3 is 5.97 Å². The van der Waals surface area contributed by atoms with Gasteiger partial charge in [-0.1, -0.05) is 22.0 Å². The van der Waals surface area contributed by atoms with Crippen molar-refractivity contribution in [2.45, 2.75) is 26.7 Å². The molecule has 0 aromatic heterocycles. The second-order valence-corrected chi connectivity index (χ2v) is 6.11. The number of amides is 1. The van der Waals surface area contributed by atoms with Gasteiger partial charge in [0.25, 0.3) is 5.91 Å². The first-order valence-electron chi connectivity index (χ1n) is 7.25. The first-order valence-corrected chi connectivity index (χ1v) is 8.05. The van der Waals surface area contributed by atoms with Crippen LogP contribution in [0.5, 0.6) is 0 Å². The summed E-state index contributed by atoms with van der Waals surface area (Å²) in [7, 11) is 0. The molecule has 1 aliphatic heterocycles. The van der Waals surface area contributed by atoms with Gasteiger partial charge in [0.1, 0.15) is 0 Å². The Morgan fingerprint density at radius 2 is 2.19 bits per heavy atom. The molecule has 0 N–H and O–H groups in total. The normalized spacial score (nSPS) is 18.4. The Labute approximate surface area is 133 Å². The van der Waals surface area contributed by atoms with Crippen molar-refractivity contribution >= 4 is 27.8 Å². The van der Waals surface area contributed by atoms with Gasteiger partial charge < -0.3 is 9.64 Å². The van der Waals surface area contributed by atoms with E-state index in [4.69, 9.17) is 4.74 Å². The molecule has 0 radical (unpaired) electrons. The van der Waals surface area contributed by atoms with Crippen LogP contribution in [-0.2, 0) is 9.53 Å². The molecule has 1 aromatic rings. The van der Waals surface area contributed by atoms with E-state index in [0.717, 1.165) is 22.9 Å². The number of carbonyl (C=O) groups excluding carboxylic acids is 2. The maximum atomic E-state index is 12.7. The average Bonchev–Trinajstić information content (AvgIpc) is 2.50. The minimum atomic E-state index is -0.199. The summed E-state index contributed by atoms with van der Waals surface area (Å²) in [5.41, 5.74) is 1.62. The van der Waals surface area contributed by atoms with Gasteiger partial charge in [-0.15, -0.1) is 0 Å². The number of rotatable bonds is 3. The Balaban J connectivity index is 2.12. The van der Waals surface area contributed by atoms with E-state index in [1.165, 1.54) is 0 Å². The van der Waals surface area contributed by atoms with E-state index >= 15 is 0 Å². The second-order valence-electron chi connectivity index (χ2n) is 5.25. The van der Waals surface area contributed by atoms with Crippen LogP contribution in [0.3, 0.4) is 0 Å². The molecule has 0 spiro atoms. The molecule has 1 amide bonds. The van der Waals surface area contributed by atoms with Crippen molar-refractivity contribution in [2.75, 3.05) is 19.7 Å². The van der Waals surface area contributed by atoms with Gasteiger partial charge in [-0.05, 0) is 44.4 Å². The van der Waals surface area contributed by atoms with Crippen LogP contribution in [-0.4, -0.2) is 36.5 Å². The summed E-state index contributed by atoms with van der Waals surface area (Å²) in [5.74, 6) is -0.404. The summed E-state index contributed by atoms with van der Waals surface area (Å²) in [6.45, 7) is 5.25. The zero-order valence-electron chi connectivity index (χ0n) is 12.4. The number of benzene rings is 1. The van der Waals surface area contributed by atoms with Crippen LogP contribution >= 0.6 is 15.9 Å². The van der Waals surface area contributed by atoms with E-state index in [0.29, 0.717) is 25.3 Å². The number of ether oxygens (including phenoxy) is 1. The molecule has 0 bridgehead atoms. The van der Waals surface area contributed by atoms with Crippen LogP contribution in [0.15, 0.2) is 22.7 Å². The zero-order chi connectivity index (χ0) is 15.4. The predicted octanol–water partition coefficient (Wildman–Crippen LogP) is 3.17. The number of likely N-dealkylation sites (tertiary alicyclic amines) is 1. The molecule has 0 aliphatic carbocycles. The van der Waals surface area contributed by atoms with Gasteiger partial charge in [0.2, 0.25) is 0 Å². The van der Waals surface area contributed by atoms with Gasteiger partial charge in [0, 0.05) is 23.1 Å². The molecular formula is C16H20BrNO3. The van der Waals surface area contributed by atoms with Crippen molar-refractivity contribution in [3.8, 4) is 0 Å². The standard InChI is InChI=1S/C16H20BrNO3/c1-3-21-16(20)12-6-5-9-18(10-12)15(19)13-7-4-8-14(17)11(13)2/h4,7-8,12H,3,5-6,9-10H2,1-2H3/t12-/m0/s1. The summed E-state index contributed by atoms with van der Waals surface area (Å²) in [4.78, 5) is 26.3. The number of halogens is 1. The van der Waals surface area contributed by atoms with Crippen LogP contribution in [0.25, 0.3) is 0 Å². The highest BCUT2D eigenvalue weighted by Gasteiger charge is 2.30. The number of hydrogen-bond donors (Lipinski definition) is 0. The average molecular weight is 354 g/mol. The Bertz CT molecular complexity index is 544. The molecular weight excluding hydrogens is 334 g/mol. The monoisotopic (exact) mass is 353 g/mol. The summed E-state index contributed by atoms with van der Waals surface area (Å²) in [6, 6.07) is 5.61. The summed E-state index contributed by atoms with van der Waals surface area (Å²) >= 11 is 3.45. The molecule has 0 unspecified atom stereocenters. The summed E-state index contributed by atoms with van der Waals surface area (Å²) < 4.78 is 6.00. The topological polar surface area (TPSA) is 46.6 Å². The second kappa shape index (κ2) is 7.07. The Kier molecular flexibility index (Phi) is 5.39. The molecule has 1 aromatic carbocycles. The molecule has 5 heteroatoms. The molecule has 1 heterocycles. The molecule has 21 heavy (non-hydrogen) atoms. The fourth-order valence-corrected chi connectivity index (χ4v) is 2.99. The molecule has 1 aliphatic rings. The third-order valence-electron chi connectivity index (χ3n) is 3.83. The Hall–Kier alpha value is -1.36. The first-order chi connectivity index (χ1) is 10.0.